The van der Waals surface area contributed by atoms with E-state index < -0.39 is 19.7 Å². The summed E-state index contributed by atoms with van der Waals surface area (Å²) in [5.41, 5.74) is 0.641. The summed E-state index contributed by atoms with van der Waals surface area (Å²) in [7, 11) is -3.52. The fraction of sp³-hybridized carbons (Fsp3) is 0.333. The number of nitro groups is 2. The number of benzene rings is 1. The summed E-state index contributed by atoms with van der Waals surface area (Å²) < 4.78 is 23.4. The van der Waals surface area contributed by atoms with E-state index in [9.17, 15) is 28.6 Å². The molecular formula is C15H16N4O6S2. The first-order valence-electron chi connectivity index (χ1n) is 7.89. The standard InChI is InChI=1S/C15H16N4O6S2/c1-27(24,25)14-10-13(19(22)23)15(26-14)17-8-6-16(7-9-17)11-2-4-12(5-3-11)18(20)21/h2-5,10H,6-9H2,1H3. The summed E-state index contributed by atoms with van der Waals surface area (Å²) in [6.45, 7) is 2.06. The lowest BCUT2D eigenvalue weighted by Crippen LogP contribution is -2.46. The Morgan fingerprint density at radius 3 is 2.00 bits per heavy atom. The van der Waals surface area contributed by atoms with Crippen LogP contribution in [-0.2, 0) is 9.84 Å². The summed E-state index contributed by atoms with van der Waals surface area (Å²) in [6, 6.07) is 7.32. The van der Waals surface area contributed by atoms with Gasteiger partial charge in [-0.25, -0.2) is 8.42 Å². The molecule has 0 saturated carbocycles. The Morgan fingerprint density at radius 2 is 1.52 bits per heavy atom. The van der Waals surface area contributed by atoms with Gasteiger partial charge in [0.25, 0.3) is 5.69 Å². The maximum Gasteiger partial charge on any atom is 0.305 e. The number of non-ortho nitro benzene ring substituents is 1. The summed E-state index contributed by atoms with van der Waals surface area (Å²) >= 11 is 0.906. The second-order valence-corrected chi connectivity index (χ2v) is 9.31. The van der Waals surface area contributed by atoms with Crippen molar-refractivity contribution in [2.75, 3.05) is 42.2 Å². The second kappa shape index (κ2) is 7.12. The van der Waals surface area contributed by atoms with Crippen molar-refractivity contribution in [3.63, 3.8) is 0 Å². The van der Waals surface area contributed by atoms with Crippen LogP contribution in [0.15, 0.2) is 34.5 Å². The molecule has 0 radical (unpaired) electrons. The van der Waals surface area contributed by atoms with E-state index in [1.54, 1.807) is 17.0 Å². The largest absolute Gasteiger partial charge is 0.368 e. The molecule has 1 aromatic carbocycles. The Balaban J connectivity index is 1.76. The van der Waals surface area contributed by atoms with E-state index in [-0.39, 0.29) is 15.6 Å². The van der Waals surface area contributed by atoms with Crippen LogP contribution in [-0.4, -0.2) is 50.7 Å². The molecule has 1 fully saturated rings. The highest BCUT2D eigenvalue weighted by Crippen LogP contribution is 2.40. The molecule has 2 heterocycles. The van der Waals surface area contributed by atoms with Crippen molar-refractivity contribution in [3.05, 3.63) is 50.6 Å². The highest BCUT2D eigenvalue weighted by Gasteiger charge is 2.29. The maximum atomic E-state index is 11.7. The Hall–Kier alpha value is -2.73. The molecule has 0 bridgehead atoms. The van der Waals surface area contributed by atoms with E-state index >= 15 is 0 Å². The fourth-order valence-electron chi connectivity index (χ4n) is 2.84. The lowest BCUT2D eigenvalue weighted by Gasteiger charge is -2.36. The van der Waals surface area contributed by atoms with Gasteiger partial charge >= 0.3 is 5.69 Å². The van der Waals surface area contributed by atoms with Gasteiger partial charge in [0.2, 0.25) is 0 Å². The van der Waals surface area contributed by atoms with Gasteiger partial charge in [-0.2, -0.15) is 0 Å². The monoisotopic (exact) mass is 412 g/mol. The third-order valence-corrected chi connectivity index (χ3v) is 7.21. The summed E-state index contributed by atoms with van der Waals surface area (Å²) in [5.74, 6) is 0. The number of thiophene rings is 1. The lowest BCUT2D eigenvalue weighted by molar-refractivity contribution is -0.384. The van der Waals surface area contributed by atoms with Crippen LogP contribution in [0, 0.1) is 20.2 Å². The van der Waals surface area contributed by atoms with Crippen molar-refractivity contribution in [1.82, 2.24) is 0 Å². The van der Waals surface area contributed by atoms with E-state index in [0.717, 1.165) is 29.3 Å². The second-order valence-electron chi connectivity index (χ2n) is 6.03. The first-order valence-corrected chi connectivity index (χ1v) is 10.6. The van der Waals surface area contributed by atoms with Gasteiger partial charge < -0.3 is 9.80 Å². The SMILES string of the molecule is CS(=O)(=O)c1cc([N+](=O)[O-])c(N2CCN(c3ccc([N+](=O)[O-])cc3)CC2)s1. The number of hydrogen-bond acceptors (Lipinski definition) is 9. The van der Waals surface area contributed by atoms with Crippen LogP contribution in [0.3, 0.4) is 0 Å². The van der Waals surface area contributed by atoms with Crippen LogP contribution in [0.2, 0.25) is 0 Å². The minimum Gasteiger partial charge on any atom is -0.368 e. The molecule has 1 saturated heterocycles. The quantitative estimate of drug-likeness (QED) is 0.541. The molecule has 12 heteroatoms. The van der Waals surface area contributed by atoms with Gasteiger partial charge in [0.05, 0.1) is 9.85 Å². The van der Waals surface area contributed by atoms with Crippen molar-refractivity contribution in [1.29, 1.82) is 0 Å². The molecule has 144 valence electrons. The summed E-state index contributed by atoms with van der Waals surface area (Å²) in [6.07, 6.45) is 1.03. The Labute approximate surface area is 158 Å². The first kappa shape index (κ1) is 19.0. The molecule has 1 aliphatic heterocycles. The van der Waals surface area contributed by atoms with Crippen LogP contribution in [0.5, 0.6) is 0 Å². The highest BCUT2D eigenvalue weighted by molar-refractivity contribution is 7.92. The molecule has 0 unspecified atom stereocenters. The minimum absolute atomic E-state index is 0.0138. The average molecular weight is 412 g/mol. The first-order chi connectivity index (χ1) is 12.7. The van der Waals surface area contributed by atoms with Crippen LogP contribution in [0.4, 0.5) is 22.1 Å². The van der Waals surface area contributed by atoms with Crippen molar-refractivity contribution in [2.45, 2.75) is 4.21 Å². The van der Waals surface area contributed by atoms with E-state index in [2.05, 4.69) is 0 Å². The number of anilines is 2. The Morgan fingerprint density at radius 1 is 0.963 bits per heavy atom. The number of nitro benzene ring substituents is 1. The third-order valence-electron chi connectivity index (χ3n) is 4.23. The number of sulfone groups is 1. The molecule has 0 amide bonds. The molecule has 2 aromatic rings. The predicted molar refractivity (Wildman–Crippen MR) is 102 cm³/mol. The Bertz CT molecular complexity index is 978. The zero-order valence-electron chi connectivity index (χ0n) is 14.3. The average Bonchev–Trinajstić information content (AvgIpc) is 3.08. The van der Waals surface area contributed by atoms with Gasteiger partial charge in [-0.3, -0.25) is 20.2 Å². The normalized spacial score (nSPS) is 15.0. The molecular weight excluding hydrogens is 396 g/mol. The highest BCUT2D eigenvalue weighted by atomic mass is 32.2. The molecule has 10 nitrogen and oxygen atoms in total. The third kappa shape index (κ3) is 4.01. The number of piperazine rings is 1. The van der Waals surface area contributed by atoms with Crippen molar-refractivity contribution in [3.8, 4) is 0 Å². The number of rotatable bonds is 5. The summed E-state index contributed by atoms with van der Waals surface area (Å²) in [4.78, 5) is 24.8. The van der Waals surface area contributed by atoms with Crippen molar-refractivity contribution in [2.24, 2.45) is 0 Å². The zero-order chi connectivity index (χ0) is 19.8. The smallest absolute Gasteiger partial charge is 0.305 e. The maximum absolute atomic E-state index is 11.7. The number of hydrogen-bond donors (Lipinski definition) is 0. The van der Waals surface area contributed by atoms with Crippen LogP contribution in [0.25, 0.3) is 0 Å². The van der Waals surface area contributed by atoms with Crippen LogP contribution in [0.1, 0.15) is 0 Å². The van der Waals surface area contributed by atoms with Crippen molar-refractivity contribution < 1.29 is 18.3 Å². The van der Waals surface area contributed by atoms with E-state index in [1.807, 2.05) is 4.90 Å². The van der Waals surface area contributed by atoms with Gasteiger partial charge in [0.1, 0.15) is 4.21 Å². The van der Waals surface area contributed by atoms with Gasteiger partial charge in [-0.15, -0.1) is 0 Å². The van der Waals surface area contributed by atoms with E-state index in [0.29, 0.717) is 31.2 Å². The topological polar surface area (TPSA) is 127 Å². The van der Waals surface area contributed by atoms with E-state index in [1.165, 1.54) is 12.1 Å². The predicted octanol–water partition coefficient (Wildman–Crippen LogP) is 2.29. The van der Waals surface area contributed by atoms with Gasteiger partial charge in [-0.1, -0.05) is 11.3 Å². The van der Waals surface area contributed by atoms with Gasteiger partial charge in [0.15, 0.2) is 14.8 Å². The zero-order valence-corrected chi connectivity index (χ0v) is 15.9. The fourth-order valence-corrected chi connectivity index (χ4v) is 4.92. The molecule has 1 aliphatic rings. The molecule has 27 heavy (non-hydrogen) atoms. The number of nitrogens with zero attached hydrogens (tertiary/aromatic N) is 4. The molecule has 3 rings (SSSR count). The van der Waals surface area contributed by atoms with Gasteiger partial charge in [0, 0.05) is 56.3 Å². The van der Waals surface area contributed by atoms with E-state index in [4.69, 9.17) is 0 Å². The molecule has 0 N–H and O–H groups in total. The lowest BCUT2D eigenvalue weighted by atomic mass is 10.2. The molecule has 0 atom stereocenters. The molecule has 1 aromatic heterocycles. The molecule has 0 aliphatic carbocycles. The summed E-state index contributed by atoms with van der Waals surface area (Å²) in [5, 5.41) is 22.4. The molecule has 0 spiro atoms. The van der Waals surface area contributed by atoms with Crippen molar-refractivity contribution >= 4 is 43.2 Å². The van der Waals surface area contributed by atoms with Crippen LogP contribution >= 0.6 is 11.3 Å². The van der Waals surface area contributed by atoms with Gasteiger partial charge in [-0.05, 0) is 12.1 Å². The minimum atomic E-state index is -3.52. The van der Waals surface area contributed by atoms with Crippen LogP contribution < -0.4 is 9.80 Å². The Kier molecular flexibility index (Phi) is 5.02.